The maximum Gasteiger partial charge on any atom is 0.310 e. The number of nitrogens with one attached hydrogen (secondary N) is 1. The fourth-order valence-corrected chi connectivity index (χ4v) is 2.28. The van der Waals surface area contributed by atoms with Crippen LogP contribution in [0.3, 0.4) is 0 Å². The second-order valence-electron chi connectivity index (χ2n) is 5.41. The minimum atomic E-state index is -0.781. The number of aliphatic carboxylic acids is 1. The lowest BCUT2D eigenvalue weighted by Crippen LogP contribution is -2.32. The van der Waals surface area contributed by atoms with Gasteiger partial charge in [-0.3, -0.25) is 4.79 Å². The third-order valence-electron chi connectivity index (χ3n) is 3.77. The summed E-state index contributed by atoms with van der Waals surface area (Å²) in [6.07, 6.45) is 1.19. The summed E-state index contributed by atoms with van der Waals surface area (Å²) in [5.41, 5.74) is 2.04. The second kappa shape index (κ2) is 9.53. The summed E-state index contributed by atoms with van der Waals surface area (Å²) in [5.74, 6) is -1.23. The van der Waals surface area contributed by atoms with Gasteiger partial charge in [-0.15, -0.1) is 0 Å². The number of hydrogen-bond donors (Lipinski definition) is 2. The minimum absolute atomic E-state index is 0.445. The van der Waals surface area contributed by atoms with E-state index in [0.29, 0.717) is 0 Å². The SMILES string of the molecule is CCCN(CC)CCNCc1ccc(C(C)C(=O)O)cc1. The van der Waals surface area contributed by atoms with Crippen LogP contribution >= 0.6 is 0 Å². The van der Waals surface area contributed by atoms with Crippen LogP contribution < -0.4 is 5.32 Å². The highest BCUT2D eigenvalue weighted by atomic mass is 16.4. The molecule has 1 aromatic rings. The predicted octanol–water partition coefficient (Wildman–Crippen LogP) is 2.70. The Morgan fingerprint density at radius 2 is 1.90 bits per heavy atom. The van der Waals surface area contributed by atoms with Crippen LogP contribution in [-0.4, -0.2) is 42.2 Å². The number of carboxylic acids is 1. The van der Waals surface area contributed by atoms with Crippen molar-refractivity contribution in [2.24, 2.45) is 0 Å². The van der Waals surface area contributed by atoms with E-state index >= 15 is 0 Å². The highest BCUT2D eigenvalue weighted by Crippen LogP contribution is 2.15. The van der Waals surface area contributed by atoms with Crippen molar-refractivity contribution in [3.63, 3.8) is 0 Å². The molecule has 0 fully saturated rings. The van der Waals surface area contributed by atoms with Crippen molar-refractivity contribution < 1.29 is 9.90 Å². The van der Waals surface area contributed by atoms with Crippen molar-refractivity contribution in [1.82, 2.24) is 10.2 Å². The fraction of sp³-hybridized carbons (Fsp3) is 0.588. The molecule has 118 valence electrons. The third-order valence-corrected chi connectivity index (χ3v) is 3.77. The Bertz CT molecular complexity index is 417. The maximum atomic E-state index is 10.9. The van der Waals surface area contributed by atoms with E-state index in [1.165, 1.54) is 12.0 Å². The molecule has 21 heavy (non-hydrogen) atoms. The molecule has 0 bridgehead atoms. The van der Waals surface area contributed by atoms with Crippen molar-refractivity contribution in [3.05, 3.63) is 35.4 Å². The van der Waals surface area contributed by atoms with Gasteiger partial charge in [0, 0.05) is 19.6 Å². The van der Waals surface area contributed by atoms with Crippen LogP contribution in [0.4, 0.5) is 0 Å². The number of rotatable bonds is 10. The Morgan fingerprint density at radius 1 is 1.24 bits per heavy atom. The molecule has 4 nitrogen and oxygen atoms in total. The summed E-state index contributed by atoms with van der Waals surface area (Å²) in [4.78, 5) is 13.4. The lowest BCUT2D eigenvalue weighted by atomic mass is 10.0. The summed E-state index contributed by atoms with van der Waals surface area (Å²) in [6.45, 7) is 11.2. The van der Waals surface area contributed by atoms with Crippen LogP contribution in [0.15, 0.2) is 24.3 Å². The van der Waals surface area contributed by atoms with E-state index in [9.17, 15) is 4.79 Å². The Balaban J connectivity index is 2.34. The molecule has 0 amide bonds. The van der Waals surface area contributed by atoms with Gasteiger partial charge in [-0.2, -0.15) is 0 Å². The van der Waals surface area contributed by atoms with Crippen LogP contribution in [0, 0.1) is 0 Å². The monoisotopic (exact) mass is 292 g/mol. The summed E-state index contributed by atoms with van der Waals surface area (Å²) in [5, 5.41) is 12.4. The van der Waals surface area contributed by atoms with E-state index in [1.807, 2.05) is 24.3 Å². The van der Waals surface area contributed by atoms with Crippen molar-refractivity contribution in [2.75, 3.05) is 26.2 Å². The smallest absolute Gasteiger partial charge is 0.310 e. The molecule has 1 atom stereocenters. The van der Waals surface area contributed by atoms with Crippen LogP contribution in [0.25, 0.3) is 0 Å². The molecule has 0 heterocycles. The van der Waals surface area contributed by atoms with Gasteiger partial charge in [-0.1, -0.05) is 38.1 Å². The number of hydrogen-bond acceptors (Lipinski definition) is 3. The molecule has 0 spiro atoms. The molecular formula is C17H28N2O2. The second-order valence-corrected chi connectivity index (χ2v) is 5.41. The Hall–Kier alpha value is -1.39. The van der Waals surface area contributed by atoms with Crippen molar-refractivity contribution in [1.29, 1.82) is 0 Å². The first kappa shape index (κ1) is 17.7. The maximum absolute atomic E-state index is 10.9. The molecule has 0 aliphatic heterocycles. The van der Waals surface area contributed by atoms with Gasteiger partial charge in [0.25, 0.3) is 0 Å². The van der Waals surface area contributed by atoms with Gasteiger partial charge in [0.05, 0.1) is 5.92 Å². The van der Waals surface area contributed by atoms with Gasteiger partial charge < -0.3 is 15.3 Å². The minimum Gasteiger partial charge on any atom is -0.481 e. The average molecular weight is 292 g/mol. The summed E-state index contributed by atoms with van der Waals surface area (Å²) >= 11 is 0. The molecule has 0 radical (unpaired) electrons. The first-order valence-electron chi connectivity index (χ1n) is 7.83. The molecular weight excluding hydrogens is 264 g/mol. The molecule has 0 aromatic heterocycles. The number of nitrogens with zero attached hydrogens (tertiary/aromatic N) is 1. The van der Waals surface area contributed by atoms with Gasteiger partial charge in [0.1, 0.15) is 0 Å². The standard InChI is InChI=1S/C17H28N2O2/c1-4-11-19(5-2)12-10-18-13-15-6-8-16(9-7-15)14(3)17(20)21/h6-9,14,18H,4-5,10-13H2,1-3H3,(H,20,21). The van der Waals surface area contributed by atoms with Gasteiger partial charge in [0.15, 0.2) is 0 Å². The third kappa shape index (κ3) is 6.27. The van der Waals surface area contributed by atoms with Crippen LogP contribution in [-0.2, 0) is 11.3 Å². The summed E-state index contributed by atoms with van der Waals surface area (Å²) < 4.78 is 0. The van der Waals surface area contributed by atoms with E-state index < -0.39 is 11.9 Å². The Labute approximate surface area is 128 Å². The molecule has 2 N–H and O–H groups in total. The van der Waals surface area contributed by atoms with E-state index in [-0.39, 0.29) is 0 Å². The summed E-state index contributed by atoms with van der Waals surface area (Å²) in [7, 11) is 0. The molecule has 0 aliphatic carbocycles. The van der Waals surface area contributed by atoms with E-state index in [0.717, 1.165) is 38.3 Å². The number of benzene rings is 1. The molecule has 0 saturated heterocycles. The van der Waals surface area contributed by atoms with E-state index in [1.54, 1.807) is 6.92 Å². The summed E-state index contributed by atoms with van der Waals surface area (Å²) in [6, 6.07) is 7.83. The zero-order chi connectivity index (χ0) is 15.7. The average Bonchev–Trinajstić information content (AvgIpc) is 2.50. The van der Waals surface area contributed by atoms with Crippen LogP contribution in [0.5, 0.6) is 0 Å². The molecule has 1 rings (SSSR count). The molecule has 0 aliphatic rings. The first-order chi connectivity index (χ1) is 10.1. The van der Waals surface area contributed by atoms with Crippen molar-refractivity contribution in [2.45, 2.75) is 39.7 Å². The van der Waals surface area contributed by atoms with Crippen LogP contribution in [0.2, 0.25) is 0 Å². The number of carboxylic acid groups (broad SMARTS) is 1. The van der Waals surface area contributed by atoms with Gasteiger partial charge in [-0.05, 0) is 37.6 Å². The normalized spacial score (nSPS) is 12.6. The number of carbonyl (C=O) groups is 1. The van der Waals surface area contributed by atoms with Crippen LogP contribution in [0.1, 0.15) is 44.2 Å². The fourth-order valence-electron chi connectivity index (χ4n) is 2.28. The van der Waals surface area contributed by atoms with Crippen molar-refractivity contribution in [3.8, 4) is 0 Å². The molecule has 1 unspecified atom stereocenters. The molecule has 1 aromatic carbocycles. The van der Waals surface area contributed by atoms with Crippen molar-refractivity contribution >= 4 is 5.97 Å². The van der Waals surface area contributed by atoms with E-state index in [2.05, 4.69) is 24.1 Å². The zero-order valence-corrected chi connectivity index (χ0v) is 13.4. The van der Waals surface area contributed by atoms with E-state index in [4.69, 9.17) is 5.11 Å². The molecule has 4 heteroatoms. The lowest BCUT2D eigenvalue weighted by Gasteiger charge is -2.19. The Kier molecular flexibility index (Phi) is 8.01. The van der Waals surface area contributed by atoms with Gasteiger partial charge in [-0.25, -0.2) is 0 Å². The zero-order valence-electron chi connectivity index (χ0n) is 13.4. The van der Waals surface area contributed by atoms with Gasteiger partial charge >= 0.3 is 5.97 Å². The molecule has 0 saturated carbocycles. The Morgan fingerprint density at radius 3 is 2.43 bits per heavy atom. The number of likely N-dealkylation sites (N-methyl/N-ethyl adjacent to an activating group) is 1. The first-order valence-corrected chi connectivity index (χ1v) is 7.83. The lowest BCUT2D eigenvalue weighted by molar-refractivity contribution is -0.138. The van der Waals surface area contributed by atoms with Gasteiger partial charge in [0.2, 0.25) is 0 Å². The predicted molar refractivity (Wildman–Crippen MR) is 86.6 cm³/mol. The topological polar surface area (TPSA) is 52.6 Å². The highest BCUT2D eigenvalue weighted by Gasteiger charge is 2.12. The quantitative estimate of drug-likeness (QED) is 0.651. The largest absolute Gasteiger partial charge is 0.481 e. The highest BCUT2D eigenvalue weighted by molar-refractivity contribution is 5.75.